The van der Waals surface area contributed by atoms with Crippen molar-refractivity contribution in [3.63, 3.8) is 0 Å². The Labute approximate surface area is 81.3 Å². The molecule has 2 rings (SSSR count). The molecule has 0 atom stereocenters. The Morgan fingerprint density at radius 3 is 3.29 bits per heavy atom. The van der Waals surface area contributed by atoms with Gasteiger partial charge in [-0.3, -0.25) is 4.79 Å². The number of aliphatic carboxylic acids is 1. The number of rotatable bonds is 3. The molecule has 0 aromatic carbocycles. The van der Waals surface area contributed by atoms with Gasteiger partial charge in [-0.25, -0.2) is 4.98 Å². The Morgan fingerprint density at radius 1 is 1.71 bits per heavy atom. The van der Waals surface area contributed by atoms with Crippen LogP contribution < -0.4 is 0 Å². The highest BCUT2D eigenvalue weighted by Crippen LogP contribution is 2.10. The predicted octanol–water partition coefficient (Wildman–Crippen LogP) is 0.431. The maximum atomic E-state index is 10.4. The highest BCUT2D eigenvalue weighted by Gasteiger charge is 2.12. The zero-order valence-corrected chi connectivity index (χ0v) is 7.77. The minimum atomic E-state index is -0.785. The fraction of sp³-hybridized carbons (Fsp3) is 0.556. The van der Waals surface area contributed by atoms with Crippen molar-refractivity contribution in [1.82, 2.24) is 9.55 Å². The number of fused-ring (bicyclic) bond motifs is 1. The summed E-state index contributed by atoms with van der Waals surface area (Å²) in [5, 5.41) is 8.52. The lowest BCUT2D eigenvalue weighted by Crippen LogP contribution is -2.15. The van der Waals surface area contributed by atoms with Crippen molar-refractivity contribution in [3.8, 4) is 0 Å². The Balaban J connectivity index is 2.04. The highest BCUT2D eigenvalue weighted by molar-refractivity contribution is 5.66. The zero-order valence-electron chi connectivity index (χ0n) is 7.77. The molecule has 0 bridgehead atoms. The summed E-state index contributed by atoms with van der Waals surface area (Å²) in [6.45, 7) is 2.06. The van der Waals surface area contributed by atoms with E-state index < -0.39 is 5.97 Å². The second kappa shape index (κ2) is 3.79. The molecule has 0 radical (unpaired) electrons. The summed E-state index contributed by atoms with van der Waals surface area (Å²) in [5.74, 6) is 0.115. The van der Waals surface area contributed by atoms with E-state index in [2.05, 4.69) is 4.98 Å². The first-order chi connectivity index (χ1) is 6.75. The number of imidazole rings is 1. The van der Waals surface area contributed by atoms with Gasteiger partial charge in [0.25, 0.3) is 0 Å². The van der Waals surface area contributed by atoms with Crippen LogP contribution in [0.1, 0.15) is 17.9 Å². The molecule has 1 aromatic rings. The van der Waals surface area contributed by atoms with Gasteiger partial charge >= 0.3 is 5.97 Å². The van der Waals surface area contributed by atoms with Gasteiger partial charge in [-0.2, -0.15) is 0 Å². The van der Waals surface area contributed by atoms with Crippen molar-refractivity contribution in [2.45, 2.75) is 26.0 Å². The number of hydrogen-bond donors (Lipinski definition) is 1. The van der Waals surface area contributed by atoms with E-state index in [1.807, 2.05) is 10.8 Å². The summed E-state index contributed by atoms with van der Waals surface area (Å²) in [6, 6.07) is 0. The monoisotopic (exact) mass is 196 g/mol. The fourth-order valence-corrected chi connectivity index (χ4v) is 1.50. The van der Waals surface area contributed by atoms with E-state index in [-0.39, 0.29) is 6.42 Å². The van der Waals surface area contributed by atoms with Crippen LogP contribution in [0.3, 0.4) is 0 Å². The second-order valence-corrected chi connectivity index (χ2v) is 3.29. The maximum absolute atomic E-state index is 10.4. The van der Waals surface area contributed by atoms with Gasteiger partial charge in [0.2, 0.25) is 0 Å². The van der Waals surface area contributed by atoms with Gasteiger partial charge in [-0.05, 0) is 0 Å². The molecule has 2 heterocycles. The van der Waals surface area contributed by atoms with Crippen molar-refractivity contribution in [1.29, 1.82) is 0 Å². The number of nitrogens with zero attached hydrogens (tertiary/aromatic N) is 2. The van der Waals surface area contributed by atoms with Crippen LogP contribution in [0.5, 0.6) is 0 Å². The molecule has 0 amide bonds. The summed E-state index contributed by atoms with van der Waals surface area (Å²) in [7, 11) is 0. The van der Waals surface area contributed by atoms with Crippen molar-refractivity contribution < 1.29 is 14.6 Å². The van der Waals surface area contributed by atoms with Gasteiger partial charge in [0, 0.05) is 19.2 Å². The van der Waals surface area contributed by atoms with Crippen molar-refractivity contribution in [2.24, 2.45) is 0 Å². The quantitative estimate of drug-likeness (QED) is 0.761. The van der Waals surface area contributed by atoms with E-state index >= 15 is 0 Å². The van der Waals surface area contributed by atoms with Crippen molar-refractivity contribution in [3.05, 3.63) is 17.7 Å². The highest BCUT2D eigenvalue weighted by atomic mass is 16.5. The summed E-state index contributed by atoms with van der Waals surface area (Å²) >= 11 is 0. The molecule has 0 unspecified atom stereocenters. The molecular weight excluding hydrogens is 184 g/mol. The molecule has 1 aliphatic heterocycles. The molecule has 5 nitrogen and oxygen atoms in total. The van der Waals surface area contributed by atoms with Crippen LogP contribution >= 0.6 is 0 Å². The number of aryl methyl sites for hydroxylation is 1. The lowest BCUT2D eigenvalue weighted by Gasteiger charge is -2.13. The Morgan fingerprint density at radius 2 is 2.57 bits per heavy atom. The van der Waals surface area contributed by atoms with Gasteiger partial charge in [-0.1, -0.05) is 0 Å². The molecule has 14 heavy (non-hydrogen) atoms. The predicted molar refractivity (Wildman–Crippen MR) is 47.8 cm³/mol. The van der Waals surface area contributed by atoms with Gasteiger partial charge in [0.15, 0.2) is 0 Å². The van der Waals surface area contributed by atoms with Crippen molar-refractivity contribution in [2.75, 3.05) is 6.61 Å². The fourth-order valence-electron chi connectivity index (χ4n) is 1.50. The molecule has 0 aliphatic carbocycles. The second-order valence-electron chi connectivity index (χ2n) is 3.29. The maximum Gasteiger partial charge on any atom is 0.303 e. The first-order valence-electron chi connectivity index (χ1n) is 4.60. The summed E-state index contributed by atoms with van der Waals surface area (Å²) < 4.78 is 7.26. The largest absolute Gasteiger partial charge is 0.481 e. The lowest BCUT2D eigenvalue weighted by atomic mass is 10.2. The van der Waals surface area contributed by atoms with E-state index in [4.69, 9.17) is 9.84 Å². The number of aromatic nitrogens is 2. The molecule has 0 fully saturated rings. The van der Waals surface area contributed by atoms with Crippen LogP contribution in [0.25, 0.3) is 0 Å². The molecule has 5 heteroatoms. The lowest BCUT2D eigenvalue weighted by molar-refractivity contribution is -0.136. The third-order valence-electron chi connectivity index (χ3n) is 2.21. The van der Waals surface area contributed by atoms with Gasteiger partial charge < -0.3 is 14.4 Å². The van der Waals surface area contributed by atoms with Crippen LogP contribution in [-0.2, 0) is 29.1 Å². The molecular formula is C9H12N2O3. The average Bonchev–Trinajstić information content (AvgIpc) is 2.57. The van der Waals surface area contributed by atoms with Crippen LogP contribution in [0.15, 0.2) is 6.20 Å². The molecule has 1 aliphatic rings. The number of carboxylic acids is 1. The molecule has 76 valence electrons. The Kier molecular flexibility index (Phi) is 2.49. The zero-order chi connectivity index (χ0) is 9.97. The van der Waals surface area contributed by atoms with E-state index in [0.29, 0.717) is 19.6 Å². The Hall–Kier alpha value is -1.36. The SMILES string of the molecule is O=C(O)CCc1cn2c(n1)COCC2. The van der Waals surface area contributed by atoms with E-state index in [1.165, 1.54) is 0 Å². The third kappa shape index (κ3) is 1.93. The van der Waals surface area contributed by atoms with Crippen LogP contribution in [0, 0.1) is 0 Å². The molecule has 0 saturated heterocycles. The summed E-state index contributed by atoms with van der Waals surface area (Å²) in [6.07, 6.45) is 2.55. The topological polar surface area (TPSA) is 64.3 Å². The molecule has 1 N–H and O–H groups in total. The molecule has 0 saturated carbocycles. The van der Waals surface area contributed by atoms with E-state index in [0.717, 1.165) is 18.1 Å². The number of hydrogen-bond acceptors (Lipinski definition) is 3. The normalized spacial score (nSPS) is 15.1. The van der Waals surface area contributed by atoms with E-state index in [9.17, 15) is 4.79 Å². The minimum Gasteiger partial charge on any atom is -0.481 e. The van der Waals surface area contributed by atoms with E-state index in [1.54, 1.807) is 0 Å². The van der Waals surface area contributed by atoms with Gasteiger partial charge in [0.05, 0.1) is 18.7 Å². The number of carboxylic acid groups (broad SMARTS) is 1. The number of ether oxygens (including phenoxy) is 1. The first-order valence-corrected chi connectivity index (χ1v) is 4.60. The average molecular weight is 196 g/mol. The number of carbonyl (C=O) groups is 1. The van der Waals surface area contributed by atoms with Crippen LogP contribution in [0.2, 0.25) is 0 Å². The standard InChI is InChI=1S/C9H12N2O3/c12-9(13)2-1-7-5-11-3-4-14-6-8(11)10-7/h5H,1-4,6H2,(H,12,13). The molecule has 1 aromatic heterocycles. The van der Waals surface area contributed by atoms with Gasteiger partial charge in [-0.15, -0.1) is 0 Å². The Bertz CT molecular complexity index is 322. The smallest absolute Gasteiger partial charge is 0.303 e. The van der Waals surface area contributed by atoms with Gasteiger partial charge in [0.1, 0.15) is 12.4 Å². The summed E-state index contributed by atoms with van der Waals surface area (Å²) in [5.41, 5.74) is 0.841. The first kappa shape index (κ1) is 9.21. The van der Waals surface area contributed by atoms with Crippen LogP contribution in [0.4, 0.5) is 0 Å². The summed E-state index contributed by atoms with van der Waals surface area (Å²) in [4.78, 5) is 14.7. The van der Waals surface area contributed by atoms with Crippen molar-refractivity contribution >= 4 is 5.97 Å². The van der Waals surface area contributed by atoms with Crippen LogP contribution in [-0.4, -0.2) is 27.2 Å². The third-order valence-corrected chi connectivity index (χ3v) is 2.21. The molecule has 0 spiro atoms. The minimum absolute atomic E-state index is 0.136.